The molecule has 1 aliphatic carbocycles. The highest BCUT2D eigenvalue weighted by molar-refractivity contribution is 5.80. The van der Waals surface area contributed by atoms with Gasteiger partial charge in [0.2, 0.25) is 11.8 Å². The molecule has 0 aliphatic heterocycles. The number of hydrogen-bond acceptors (Lipinski definition) is 3. The minimum atomic E-state index is -0.0140. The Labute approximate surface area is 122 Å². The lowest BCUT2D eigenvalue weighted by atomic mass is 9.72. The van der Waals surface area contributed by atoms with Crippen LogP contribution in [0.1, 0.15) is 46.5 Å². The van der Waals surface area contributed by atoms with E-state index < -0.39 is 0 Å². The number of nitrogens with one attached hydrogen (secondary N) is 2. The molecule has 5 nitrogen and oxygen atoms in total. The van der Waals surface area contributed by atoms with Crippen molar-refractivity contribution in [3.05, 3.63) is 0 Å². The summed E-state index contributed by atoms with van der Waals surface area (Å²) in [6.45, 7) is 7.37. The first-order chi connectivity index (χ1) is 9.45. The fourth-order valence-electron chi connectivity index (χ4n) is 2.83. The van der Waals surface area contributed by atoms with E-state index >= 15 is 0 Å². The second kappa shape index (κ2) is 8.25. The zero-order chi connectivity index (χ0) is 15.1. The summed E-state index contributed by atoms with van der Waals surface area (Å²) >= 11 is 0. The molecule has 1 rings (SSSR count). The molecule has 5 heteroatoms. The van der Waals surface area contributed by atoms with Gasteiger partial charge in [0.1, 0.15) is 0 Å². The van der Waals surface area contributed by atoms with Crippen LogP contribution >= 0.6 is 0 Å². The molecule has 1 fully saturated rings. The van der Waals surface area contributed by atoms with E-state index in [1.807, 2.05) is 6.92 Å². The fraction of sp³-hybridized carbons (Fsp3) is 0.867. The zero-order valence-corrected chi connectivity index (χ0v) is 12.9. The van der Waals surface area contributed by atoms with Crippen molar-refractivity contribution < 1.29 is 9.59 Å². The predicted octanol–water partition coefficient (Wildman–Crippen LogP) is 1.03. The summed E-state index contributed by atoms with van der Waals surface area (Å²) < 4.78 is 0. The molecule has 0 heterocycles. The largest absolute Gasteiger partial charge is 0.356 e. The van der Waals surface area contributed by atoms with Crippen molar-refractivity contribution >= 4 is 11.8 Å². The lowest BCUT2D eigenvalue weighted by molar-refractivity contribution is -0.128. The van der Waals surface area contributed by atoms with Gasteiger partial charge in [-0.2, -0.15) is 0 Å². The lowest BCUT2D eigenvalue weighted by Gasteiger charge is -2.36. The smallest absolute Gasteiger partial charge is 0.223 e. The van der Waals surface area contributed by atoms with E-state index in [2.05, 4.69) is 24.5 Å². The van der Waals surface area contributed by atoms with Gasteiger partial charge in [-0.1, -0.05) is 20.8 Å². The van der Waals surface area contributed by atoms with Crippen LogP contribution in [0.15, 0.2) is 0 Å². The molecule has 4 N–H and O–H groups in total. The summed E-state index contributed by atoms with van der Waals surface area (Å²) in [6, 6.07) is 0.106. The molecule has 20 heavy (non-hydrogen) atoms. The first-order valence-corrected chi connectivity index (χ1v) is 7.75. The molecule has 1 aliphatic rings. The van der Waals surface area contributed by atoms with Gasteiger partial charge >= 0.3 is 0 Å². The Morgan fingerprint density at radius 2 is 1.80 bits per heavy atom. The molecule has 4 unspecified atom stereocenters. The van der Waals surface area contributed by atoms with Crippen LogP contribution in [0.2, 0.25) is 0 Å². The average molecular weight is 283 g/mol. The molecule has 0 bridgehead atoms. The molecule has 4 atom stereocenters. The second-order valence-electron chi connectivity index (χ2n) is 6.09. The lowest BCUT2D eigenvalue weighted by Crippen LogP contribution is -2.45. The Morgan fingerprint density at radius 1 is 1.10 bits per heavy atom. The van der Waals surface area contributed by atoms with Crippen molar-refractivity contribution in [3.8, 4) is 0 Å². The minimum absolute atomic E-state index is 0.00540. The van der Waals surface area contributed by atoms with Crippen LogP contribution < -0.4 is 16.4 Å². The summed E-state index contributed by atoms with van der Waals surface area (Å²) in [7, 11) is 0. The van der Waals surface area contributed by atoms with Crippen molar-refractivity contribution in [2.45, 2.75) is 52.5 Å². The molecule has 2 amide bonds. The van der Waals surface area contributed by atoms with E-state index in [1.165, 1.54) is 0 Å². The number of nitrogens with two attached hydrogens (primary N) is 1. The van der Waals surface area contributed by atoms with Crippen molar-refractivity contribution in [2.24, 2.45) is 23.5 Å². The van der Waals surface area contributed by atoms with Gasteiger partial charge in [-0.25, -0.2) is 0 Å². The Balaban J connectivity index is 2.30. The topological polar surface area (TPSA) is 84.2 Å². The maximum Gasteiger partial charge on any atom is 0.223 e. The van der Waals surface area contributed by atoms with Crippen LogP contribution in [-0.4, -0.2) is 30.9 Å². The first kappa shape index (κ1) is 17.0. The highest BCUT2D eigenvalue weighted by Crippen LogP contribution is 2.32. The SMILES string of the molecule is CCCNC(=O)CCNC(=O)C1CC(N)C(C)CC1C. The number of carbonyl (C=O) groups excluding carboxylic acids is 2. The highest BCUT2D eigenvalue weighted by atomic mass is 16.2. The Hall–Kier alpha value is -1.10. The molecule has 0 radical (unpaired) electrons. The van der Waals surface area contributed by atoms with E-state index in [1.54, 1.807) is 0 Å². The highest BCUT2D eigenvalue weighted by Gasteiger charge is 2.34. The van der Waals surface area contributed by atoms with Crippen LogP contribution in [-0.2, 0) is 9.59 Å². The van der Waals surface area contributed by atoms with Crippen LogP contribution in [0.4, 0.5) is 0 Å². The first-order valence-electron chi connectivity index (χ1n) is 7.75. The second-order valence-corrected chi connectivity index (χ2v) is 6.09. The van der Waals surface area contributed by atoms with E-state index in [9.17, 15) is 9.59 Å². The van der Waals surface area contributed by atoms with Gasteiger partial charge in [0.15, 0.2) is 0 Å². The van der Waals surface area contributed by atoms with Gasteiger partial charge in [0.05, 0.1) is 0 Å². The van der Waals surface area contributed by atoms with Crippen molar-refractivity contribution in [1.82, 2.24) is 10.6 Å². The summed E-state index contributed by atoms with van der Waals surface area (Å²) in [5.74, 6) is 0.866. The molecule has 0 saturated heterocycles. The maximum atomic E-state index is 12.2. The molecule has 116 valence electrons. The summed E-state index contributed by atoms with van der Waals surface area (Å²) in [5.41, 5.74) is 6.06. The minimum Gasteiger partial charge on any atom is -0.356 e. The van der Waals surface area contributed by atoms with Crippen LogP contribution in [0.5, 0.6) is 0 Å². The monoisotopic (exact) mass is 283 g/mol. The summed E-state index contributed by atoms with van der Waals surface area (Å²) in [5, 5.41) is 5.67. The molecular formula is C15H29N3O2. The third-order valence-corrected chi connectivity index (χ3v) is 4.25. The zero-order valence-electron chi connectivity index (χ0n) is 12.9. The number of carbonyl (C=O) groups is 2. The van der Waals surface area contributed by atoms with Gasteiger partial charge in [0.25, 0.3) is 0 Å². The summed E-state index contributed by atoms with van der Waals surface area (Å²) in [4.78, 5) is 23.6. The molecular weight excluding hydrogens is 254 g/mol. The molecule has 0 aromatic carbocycles. The van der Waals surface area contributed by atoms with Crippen LogP contribution in [0.25, 0.3) is 0 Å². The maximum absolute atomic E-state index is 12.2. The van der Waals surface area contributed by atoms with E-state index in [4.69, 9.17) is 5.73 Å². The third-order valence-electron chi connectivity index (χ3n) is 4.25. The van der Waals surface area contributed by atoms with E-state index in [0.29, 0.717) is 31.3 Å². The van der Waals surface area contributed by atoms with Crippen LogP contribution in [0.3, 0.4) is 0 Å². The normalized spacial score (nSPS) is 29.8. The standard InChI is InChI=1S/C15H29N3O2/c1-4-6-17-14(19)5-7-18-15(20)12-9-13(16)11(3)8-10(12)2/h10-13H,4-9,16H2,1-3H3,(H,17,19)(H,18,20). The Morgan fingerprint density at radius 3 is 2.45 bits per heavy atom. The van der Waals surface area contributed by atoms with E-state index in [-0.39, 0.29) is 23.8 Å². The Kier molecular flexibility index (Phi) is 6.99. The molecule has 0 aromatic heterocycles. The number of amides is 2. The van der Waals surface area contributed by atoms with Crippen molar-refractivity contribution in [1.29, 1.82) is 0 Å². The van der Waals surface area contributed by atoms with Crippen molar-refractivity contribution in [3.63, 3.8) is 0 Å². The molecule has 0 spiro atoms. The average Bonchev–Trinajstić information content (AvgIpc) is 2.40. The van der Waals surface area contributed by atoms with Gasteiger partial charge < -0.3 is 16.4 Å². The number of hydrogen-bond donors (Lipinski definition) is 3. The molecule has 1 saturated carbocycles. The van der Waals surface area contributed by atoms with Gasteiger partial charge in [-0.3, -0.25) is 9.59 Å². The number of rotatable bonds is 6. The Bertz CT molecular complexity index is 333. The summed E-state index contributed by atoms with van der Waals surface area (Å²) in [6.07, 6.45) is 3.01. The van der Waals surface area contributed by atoms with Gasteiger partial charge in [-0.05, 0) is 31.1 Å². The quantitative estimate of drug-likeness (QED) is 0.680. The van der Waals surface area contributed by atoms with Gasteiger partial charge in [-0.15, -0.1) is 0 Å². The van der Waals surface area contributed by atoms with Crippen molar-refractivity contribution in [2.75, 3.05) is 13.1 Å². The van der Waals surface area contributed by atoms with Gasteiger partial charge in [0, 0.05) is 31.5 Å². The van der Waals surface area contributed by atoms with Crippen LogP contribution in [0, 0.1) is 17.8 Å². The predicted molar refractivity (Wildman–Crippen MR) is 80.0 cm³/mol. The molecule has 0 aromatic rings. The van der Waals surface area contributed by atoms with E-state index in [0.717, 1.165) is 19.3 Å². The fourth-order valence-corrected chi connectivity index (χ4v) is 2.83. The third kappa shape index (κ3) is 5.12.